The molecule has 112 valence electrons. The van der Waals surface area contributed by atoms with Crippen molar-refractivity contribution >= 4 is 17.6 Å². The minimum Gasteiger partial charge on any atom is -0.477 e. The van der Waals surface area contributed by atoms with Gasteiger partial charge in [-0.25, -0.2) is 4.79 Å². The number of hydrogen-bond donors (Lipinski definition) is 2. The fourth-order valence-corrected chi connectivity index (χ4v) is 3.00. The molecule has 0 amide bonds. The lowest BCUT2D eigenvalue weighted by atomic mass is 9.82. The summed E-state index contributed by atoms with van der Waals surface area (Å²) < 4.78 is 10.8. The zero-order valence-corrected chi connectivity index (χ0v) is 12.2. The maximum absolute atomic E-state index is 11.2. The number of nitrogens with one attached hydrogen (secondary N) is 1. The summed E-state index contributed by atoms with van der Waals surface area (Å²) in [4.78, 5) is 11.2. The average Bonchev–Trinajstić information content (AvgIpc) is 2.44. The molecule has 0 aromatic rings. The highest BCUT2D eigenvalue weighted by Gasteiger charge is 2.38. The first-order valence-corrected chi connectivity index (χ1v) is 7.19. The van der Waals surface area contributed by atoms with Crippen LogP contribution in [0.25, 0.3) is 0 Å². The molecule has 0 bridgehead atoms. The lowest BCUT2D eigenvalue weighted by molar-refractivity contribution is -0.133. The minimum atomic E-state index is -0.982. The van der Waals surface area contributed by atoms with Gasteiger partial charge in [0, 0.05) is 31.3 Å². The number of aliphatic carboxylic acids is 1. The maximum atomic E-state index is 11.2. The van der Waals surface area contributed by atoms with Crippen LogP contribution in [0.1, 0.15) is 19.3 Å². The van der Waals surface area contributed by atoms with Crippen molar-refractivity contribution in [3.05, 3.63) is 22.9 Å². The quantitative estimate of drug-likeness (QED) is 0.733. The Morgan fingerprint density at radius 3 is 3.05 bits per heavy atom. The summed E-state index contributed by atoms with van der Waals surface area (Å²) >= 11 is 6.21. The standard InChI is InChI=1S/C14H20ClNO4/c1-19-6-3-7-20-12-8-11(14(17)18)16-13-9(12)4-2-5-10(13)15/h5,8-9,12-13,16H,2-4,6-7H2,1H3,(H,17,18). The molecule has 0 radical (unpaired) electrons. The Kier molecular flexibility index (Phi) is 5.46. The van der Waals surface area contributed by atoms with Crippen LogP contribution in [0.3, 0.4) is 0 Å². The number of rotatable bonds is 6. The van der Waals surface area contributed by atoms with Gasteiger partial charge < -0.3 is 19.9 Å². The van der Waals surface area contributed by atoms with Gasteiger partial charge in [0.25, 0.3) is 0 Å². The Morgan fingerprint density at radius 2 is 2.35 bits per heavy atom. The van der Waals surface area contributed by atoms with E-state index < -0.39 is 5.97 Å². The van der Waals surface area contributed by atoms with Crippen molar-refractivity contribution in [3.63, 3.8) is 0 Å². The molecule has 3 atom stereocenters. The maximum Gasteiger partial charge on any atom is 0.351 e. The van der Waals surface area contributed by atoms with Crippen LogP contribution >= 0.6 is 11.6 Å². The molecule has 1 heterocycles. The highest BCUT2D eigenvalue weighted by atomic mass is 35.5. The van der Waals surface area contributed by atoms with Gasteiger partial charge in [-0.1, -0.05) is 17.7 Å². The van der Waals surface area contributed by atoms with Crippen molar-refractivity contribution in [2.24, 2.45) is 5.92 Å². The van der Waals surface area contributed by atoms with E-state index in [-0.39, 0.29) is 23.8 Å². The van der Waals surface area contributed by atoms with Crippen molar-refractivity contribution in [1.82, 2.24) is 5.32 Å². The molecule has 3 unspecified atom stereocenters. The van der Waals surface area contributed by atoms with Crippen LogP contribution in [-0.2, 0) is 14.3 Å². The number of hydrogen-bond acceptors (Lipinski definition) is 4. The molecule has 2 N–H and O–H groups in total. The molecule has 2 aliphatic rings. The second-order valence-corrected chi connectivity index (χ2v) is 5.46. The van der Waals surface area contributed by atoms with E-state index in [2.05, 4.69) is 5.32 Å². The zero-order chi connectivity index (χ0) is 14.5. The van der Waals surface area contributed by atoms with E-state index in [1.54, 1.807) is 13.2 Å². The molecule has 5 nitrogen and oxygen atoms in total. The Morgan fingerprint density at radius 1 is 1.55 bits per heavy atom. The van der Waals surface area contributed by atoms with Crippen molar-refractivity contribution in [1.29, 1.82) is 0 Å². The summed E-state index contributed by atoms with van der Waals surface area (Å²) in [5.41, 5.74) is 0.163. The molecule has 0 spiro atoms. The average molecular weight is 302 g/mol. The van der Waals surface area contributed by atoms with Crippen molar-refractivity contribution in [2.45, 2.75) is 31.4 Å². The number of halogens is 1. The molecule has 20 heavy (non-hydrogen) atoms. The van der Waals surface area contributed by atoms with Crippen LogP contribution in [0, 0.1) is 5.92 Å². The highest BCUT2D eigenvalue weighted by molar-refractivity contribution is 6.30. The summed E-state index contributed by atoms with van der Waals surface area (Å²) in [5.74, 6) is -0.804. The van der Waals surface area contributed by atoms with Gasteiger partial charge in [-0.15, -0.1) is 0 Å². The van der Waals surface area contributed by atoms with E-state index in [9.17, 15) is 9.90 Å². The SMILES string of the molecule is COCCCOC1C=C(C(=O)O)NC2C(Cl)=CCCC12. The summed E-state index contributed by atoms with van der Waals surface area (Å²) in [6, 6.07) is -0.158. The first-order chi connectivity index (χ1) is 9.63. The predicted octanol–water partition coefficient (Wildman–Crippen LogP) is 1.88. The van der Waals surface area contributed by atoms with E-state index in [1.165, 1.54) is 0 Å². The molecule has 2 rings (SSSR count). The Bertz CT molecular complexity index is 421. The third-order valence-electron chi connectivity index (χ3n) is 3.66. The molecule has 0 fully saturated rings. The molecule has 0 aromatic carbocycles. The van der Waals surface area contributed by atoms with Crippen molar-refractivity contribution < 1.29 is 19.4 Å². The fourth-order valence-electron chi connectivity index (χ4n) is 2.67. The lowest BCUT2D eigenvalue weighted by Gasteiger charge is -2.39. The second-order valence-electron chi connectivity index (χ2n) is 5.02. The Labute approximate surface area is 123 Å². The van der Waals surface area contributed by atoms with E-state index >= 15 is 0 Å². The number of carbonyl (C=O) groups is 1. The van der Waals surface area contributed by atoms with Gasteiger partial charge in [0.15, 0.2) is 0 Å². The highest BCUT2D eigenvalue weighted by Crippen LogP contribution is 2.34. The molecule has 0 saturated carbocycles. The normalized spacial score (nSPS) is 29.0. The molecule has 0 aromatic heterocycles. The van der Waals surface area contributed by atoms with Gasteiger partial charge in [0.2, 0.25) is 0 Å². The van der Waals surface area contributed by atoms with Gasteiger partial charge in [-0.05, 0) is 25.3 Å². The third-order valence-corrected chi connectivity index (χ3v) is 4.05. The van der Waals surface area contributed by atoms with Crippen LogP contribution in [0.4, 0.5) is 0 Å². The number of carboxylic acids is 1. The first-order valence-electron chi connectivity index (χ1n) is 6.81. The van der Waals surface area contributed by atoms with Gasteiger partial charge in [0.05, 0.1) is 12.1 Å². The van der Waals surface area contributed by atoms with Gasteiger partial charge in [0.1, 0.15) is 5.70 Å². The van der Waals surface area contributed by atoms with Crippen LogP contribution in [0.15, 0.2) is 22.9 Å². The Balaban J connectivity index is 2.07. The van der Waals surface area contributed by atoms with E-state index in [0.717, 1.165) is 19.3 Å². The second kappa shape index (κ2) is 7.11. The number of methoxy groups -OCH3 is 1. The molecule has 0 saturated heterocycles. The Hall–Kier alpha value is -1.04. The number of allylic oxidation sites excluding steroid dienone is 1. The van der Waals surface area contributed by atoms with Crippen molar-refractivity contribution in [2.75, 3.05) is 20.3 Å². The van der Waals surface area contributed by atoms with Gasteiger partial charge >= 0.3 is 5.97 Å². The minimum absolute atomic E-state index is 0.158. The van der Waals surface area contributed by atoms with E-state index in [4.69, 9.17) is 21.1 Å². The summed E-state index contributed by atoms with van der Waals surface area (Å²) in [6.07, 6.45) is 6.01. The van der Waals surface area contributed by atoms with Gasteiger partial charge in [-0.2, -0.15) is 0 Å². The van der Waals surface area contributed by atoms with Crippen LogP contribution < -0.4 is 5.32 Å². The van der Waals surface area contributed by atoms with Crippen LogP contribution in [0.5, 0.6) is 0 Å². The predicted molar refractivity (Wildman–Crippen MR) is 75.5 cm³/mol. The summed E-state index contributed by atoms with van der Waals surface area (Å²) in [7, 11) is 1.65. The van der Waals surface area contributed by atoms with E-state index in [0.29, 0.717) is 18.2 Å². The van der Waals surface area contributed by atoms with Crippen LogP contribution in [0.2, 0.25) is 0 Å². The number of fused-ring (bicyclic) bond motifs is 1. The number of ether oxygens (including phenoxy) is 2. The molecule has 1 aliphatic carbocycles. The zero-order valence-electron chi connectivity index (χ0n) is 11.5. The monoisotopic (exact) mass is 301 g/mol. The summed E-state index contributed by atoms with van der Waals surface area (Å²) in [6.45, 7) is 1.18. The topological polar surface area (TPSA) is 67.8 Å². The first kappa shape index (κ1) is 15.4. The smallest absolute Gasteiger partial charge is 0.351 e. The fraction of sp³-hybridized carbons (Fsp3) is 0.643. The van der Waals surface area contributed by atoms with E-state index in [1.807, 2.05) is 6.08 Å². The largest absolute Gasteiger partial charge is 0.477 e. The third kappa shape index (κ3) is 3.53. The lowest BCUT2D eigenvalue weighted by Crippen LogP contribution is -2.49. The summed E-state index contributed by atoms with van der Waals surface area (Å²) in [5, 5.41) is 12.8. The molecule has 1 aliphatic heterocycles. The van der Waals surface area contributed by atoms with Crippen molar-refractivity contribution in [3.8, 4) is 0 Å². The molecule has 6 heteroatoms. The molecular formula is C14H20ClNO4. The number of carboxylic acid groups (broad SMARTS) is 1. The van der Waals surface area contributed by atoms with Gasteiger partial charge in [-0.3, -0.25) is 0 Å². The molecular weight excluding hydrogens is 282 g/mol. The van der Waals surface area contributed by atoms with Crippen LogP contribution in [-0.4, -0.2) is 43.5 Å².